The summed E-state index contributed by atoms with van der Waals surface area (Å²) in [4.78, 5) is 2.33. The van der Waals surface area contributed by atoms with E-state index < -0.39 is 7.12 Å². The first kappa shape index (κ1) is 13.4. The molecule has 0 amide bonds. The van der Waals surface area contributed by atoms with Gasteiger partial charge in [0.2, 0.25) is 0 Å². The zero-order chi connectivity index (χ0) is 13.0. The Balaban J connectivity index is 1.91. The highest BCUT2D eigenvalue weighted by atomic mass is 16.5. The molecule has 1 fully saturated rings. The van der Waals surface area contributed by atoms with Crippen LogP contribution < -0.4 is 10.2 Å². The topological polar surface area (TPSA) is 52.9 Å². The van der Waals surface area contributed by atoms with E-state index in [1.54, 1.807) is 18.2 Å². The maximum atomic E-state index is 9.10. The molecular weight excluding hydrogens is 229 g/mol. The number of likely N-dealkylation sites (N-methyl/N-ethyl adjacent to an activating group) is 1. The van der Waals surface area contributed by atoms with E-state index in [9.17, 15) is 0 Å². The molecule has 0 aliphatic carbocycles. The van der Waals surface area contributed by atoms with E-state index in [1.165, 1.54) is 19.3 Å². The summed E-state index contributed by atoms with van der Waals surface area (Å²) in [5, 5.41) is 18.2. The first-order valence-electron chi connectivity index (χ1n) is 6.46. The van der Waals surface area contributed by atoms with Crippen LogP contribution in [0.2, 0.25) is 0 Å². The van der Waals surface area contributed by atoms with Crippen LogP contribution in [0.4, 0.5) is 0 Å². The van der Waals surface area contributed by atoms with Crippen molar-refractivity contribution in [3.63, 3.8) is 0 Å². The number of likely N-dealkylation sites (tertiary alicyclic amines) is 1. The van der Waals surface area contributed by atoms with Gasteiger partial charge in [0, 0.05) is 6.04 Å². The lowest BCUT2D eigenvalue weighted by Gasteiger charge is -2.32. The second-order valence-electron chi connectivity index (χ2n) is 4.89. The van der Waals surface area contributed by atoms with E-state index in [0.717, 1.165) is 6.54 Å². The minimum atomic E-state index is -1.44. The quantitative estimate of drug-likeness (QED) is 0.750. The number of nitrogens with zero attached hydrogens (tertiary/aromatic N) is 1. The Morgan fingerprint density at radius 3 is 2.94 bits per heavy atom. The largest absolute Gasteiger partial charge is 0.492 e. The van der Waals surface area contributed by atoms with E-state index in [4.69, 9.17) is 14.8 Å². The SMILES string of the molecule is CN1CCCC[C@H]1COc1cccc(B(O)O)c1. The number of benzene rings is 1. The van der Waals surface area contributed by atoms with Gasteiger partial charge in [-0.15, -0.1) is 0 Å². The third-order valence-electron chi connectivity index (χ3n) is 3.52. The lowest BCUT2D eigenvalue weighted by atomic mass is 9.80. The molecule has 0 saturated carbocycles. The van der Waals surface area contributed by atoms with Gasteiger partial charge in [0.05, 0.1) is 0 Å². The number of hydrogen-bond acceptors (Lipinski definition) is 4. The van der Waals surface area contributed by atoms with Gasteiger partial charge in [0.1, 0.15) is 12.4 Å². The zero-order valence-corrected chi connectivity index (χ0v) is 10.7. The molecule has 1 aliphatic rings. The highest BCUT2D eigenvalue weighted by molar-refractivity contribution is 6.58. The molecule has 1 atom stereocenters. The summed E-state index contributed by atoms with van der Waals surface area (Å²) in [6.45, 7) is 1.78. The maximum absolute atomic E-state index is 9.10. The van der Waals surface area contributed by atoms with Gasteiger partial charge in [-0.25, -0.2) is 0 Å². The second kappa shape index (κ2) is 6.23. The van der Waals surface area contributed by atoms with Crippen LogP contribution in [-0.2, 0) is 0 Å². The first-order valence-corrected chi connectivity index (χ1v) is 6.46. The van der Waals surface area contributed by atoms with Crippen LogP contribution in [0.1, 0.15) is 19.3 Å². The molecule has 1 heterocycles. The van der Waals surface area contributed by atoms with Gasteiger partial charge in [-0.2, -0.15) is 0 Å². The molecule has 1 aliphatic heterocycles. The minimum Gasteiger partial charge on any atom is -0.492 e. The molecule has 0 bridgehead atoms. The monoisotopic (exact) mass is 249 g/mol. The predicted octanol–water partition coefficient (Wildman–Crippen LogP) is 0.230. The summed E-state index contributed by atoms with van der Waals surface area (Å²) in [5.74, 6) is 0.694. The van der Waals surface area contributed by atoms with Gasteiger partial charge < -0.3 is 19.7 Å². The van der Waals surface area contributed by atoms with E-state index in [-0.39, 0.29) is 0 Å². The summed E-state index contributed by atoms with van der Waals surface area (Å²) in [7, 11) is 0.687. The average molecular weight is 249 g/mol. The van der Waals surface area contributed by atoms with Crippen LogP contribution in [0.25, 0.3) is 0 Å². The van der Waals surface area contributed by atoms with Gasteiger partial charge in [-0.3, -0.25) is 0 Å². The Kier molecular flexibility index (Phi) is 4.63. The van der Waals surface area contributed by atoms with Crippen molar-refractivity contribution in [2.45, 2.75) is 25.3 Å². The van der Waals surface area contributed by atoms with Crippen LogP contribution in [0, 0.1) is 0 Å². The summed E-state index contributed by atoms with van der Waals surface area (Å²) in [5.41, 5.74) is 0.462. The lowest BCUT2D eigenvalue weighted by Crippen LogP contribution is -2.40. The normalized spacial score (nSPS) is 20.7. The molecule has 0 aromatic heterocycles. The Hall–Kier alpha value is -1.04. The number of ether oxygens (including phenoxy) is 1. The van der Waals surface area contributed by atoms with Gasteiger partial charge in [0.25, 0.3) is 0 Å². The van der Waals surface area contributed by atoms with Crippen molar-refractivity contribution < 1.29 is 14.8 Å². The molecule has 0 unspecified atom stereocenters. The van der Waals surface area contributed by atoms with Crippen molar-refractivity contribution in [1.82, 2.24) is 4.90 Å². The molecule has 2 N–H and O–H groups in total. The van der Waals surface area contributed by atoms with Crippen molar-refractivity contribution in [3.8, 4) is 5.75 Å². The predicted molar refractivity (Wildman–Crippen MR) is 72.0 cm³/mol. The van der Waals surface area contributed by atoms with Gasteiger partial charge >= 0.3 is 7.12 Å². The van der Waals surface area contributed by atoms with Gasteiger partial charge in [0.15, 0.2) is 0 Å². The van der Waals surface area contributed by atoms with Crippen LogP contribution >= 0.6 is 0 Å². The van der Waals surface area contributed by atoms with E-state index in [2.05, 4.69) is 11.9 Å². The van der Waals surface area contributed by atoms with Gasteiger partial charge in [-0.1, -0.05) is 18.6 Å². The van der Waals surface area contributed by atoms with Crippen molar-refractivity contribution >= 4 is 12.6 Å². The first-order chi connectivity index (χ1) is 8.66. The Labute approximate surface area is 108 Å². The lowest BCUT2D eigenvalue weighted by molar-refractivity contribution is 0.125. The Morgan fingerprint density at radius 1 is 1.39 bits per heavy atom. The van der Waals surface area contributed by atoms with Crippen molar-refractivity contribution in [2.75, 3.05) is 20.2 Å². The van der Waals surface area contributed by atoms with Crippen LogP contribution in [-0.4, -0.2) is 48.3 Å². The summed E-state index contributed by atoms with van der Waals surface area (Å²) in [6, 6.07) is 7.42. The van der Waals surface area contributed by atoms with Crippen molar-refractivity contribution in [1.29, 1.82) is 0 Å². The number of rotatable bonds is 4. The van der Waals surface area contributed by atoms with Crippen LogP contribution in [0.15, 0.2) is 24.3 Å². The minimum absolute atomic E-state index is 0.460. The summed E-state index contributed by atoms with van der Waals surface area (Å²) < 4.78 is 5.74. The molecule has 98 valence electrons. The molecule has 1 aromatic rings. The fraction of sp³-hybridized carbons (Fsp3) is 0.538. The average Bonchev–Trinajstić information content (AvgIpc) is 2.38. The molecule has 5 heteroatoms. The highest BCUT2D eigenvalue weighted by Gasteiger charge is 2.19. The molecular formula is C13H20BNO3. The van der Waals surface area contributed by atoms with Crippen molar-refractivity contribution in [3.05, 3.63) is 24.3 Å². The molecule has 0 spiro atoms. The van der Waals surface area contributed by atoms with E-state index in [1.807, 2.05) is 6.07 Å². The molecule has 0 radical (unpaired) electrons. The smallest absolute Gasteiger partial charge is 0.488 e. The third-order valence-corrected chi connectivity index (χ3v) is 3.52. The second-order valence-corrected chi connectivity index (χ2v) is 4.89. The molecule has 1 saturated heterocycles. The molecule has 18 heavy (non-hydrogen) atoms. The Bertz CT molecular complexity index is 386. The van der Waals surface area contributed by atoms with E-state index >= 15 is 0 Å². The summed E-state index contributed by atoms with van der Waals surface area (Å²) in [6.07, 6.45) is 3.69. The van der Waals surface area contributed by atoms with Gasteiger partial charge in [-0.05, 0) is 44.0 Å². The number of hydrogen-bond donors (Lipinski definition) is 2. The standard InChI is InChI=1S/C13H20BNO3/c1-15-8-3-2-6-12(15)10-18-13-7-4-5-11(9-13)14(16)17/h4-5,7,9,12,16-17H,2-3,6,8,10H2,1H3/t12-/m0/s1. The molecule has 1 aromatic carbocycles. The Morgan fingerprint density at radius 2 is 2.22 bits per heavy atom. The highest BCUT2D eigenvalue weighted by Crippen LogP contribution is 2.16. The molecule has 2 rings (SSSR count). The summed E-state index contributed by atoms with van der Waals surface area (Å²) >= 11 is 0. The fourth-order valence-corrected chi connectivity index (χ4v) is 2.31. The van der Waals surface area contributed by atoms with Crippen LogP contribution in [0.3, 0.4) is 0 Å². The third kappa shape index (κ3) is 3.48. The number of piperidine rings is 1. The maximum Gasteiger partial charge on any atom is 0.488 e. The van der Waals surface area contributed by atoms with Crippen LogP contribution in [0.5, 0.6) is 5.75 Å². The van der Waals surface area contributed by atoms with E-state index in [0.29, 0.717) is 23.9 Å². The zero-order valence-electron chi connectivity index (χ0n) is 10.7. The molecule has 4 nitrogen and oxygen atoms in total. The van der Waals surface area contributed by atoms with Crippen molar-refractivity contribution in [2.24, 2.45) is 0 Å². The fourth-order valence-electron chi connectivity index (χ4n) is 2.31.